The van der Waals surface area contributed by atoms with Crippen molar-refractivity contribution in [2.24, 2.45) is 11.5 Å². The molecule has 0 saturated heterocycles. The predicted octanol–water partition coefficient (Wildman–Crippen LogP) is 0.511. The summed E-state index contributed by atoms with van der Waals surface area (Å²) in [5, 5.41) is 10.4. The molecule has 0 amide bonds. The van der Waals surface area contributed by atoms with Crippen LogP contribution in [-0.4, -0.2) is 4.92 Å². The van der Waals surface area contributed by atoms with Gasteiger partial charge in [-0.2, -0.15) is 0 Å². The Morgan fingerprint density at radius 3 is 2.33 bits per heavy atom. The third kappa shape index (κ3) is 1.58. The fraction of sp³-hybridized carbons (Fsp3) is 0.143. The summed E-state index contributed by atoms with van der Waals surface area (Å²) < 4.78 is 0. The van der Waals surface area contributed by atoms with Crippen molar-refractivity contribution < 1.29 is 4.92 Å². The molecule has 0 heterocycles. The van der Waals surface area contributed by atoms with E-state index in [-0.39, 0.29) is 5.69 Å². The fourth-order valence-electron chi connectivity index (χ4n) is 0.936. The van der Waals surface area contributed by atoms with Gasteiger partial charge in [-0.25, -0.2) is 0 Å². The Morgan fingerprint density at radius 2 is 1.92 bits per heavy atom. The van der Waals surface area contributed by atoms with Gasteiger partial charge in [-0.05, 0) is 6.07 Å². The molecule has 5 nitrogen and oxygen atoms in total. The van der Waals surface area contributed by atoms with Crippen LogP contribution in [-0.2, 0) is 0 Å². The fourth-order valence-corrected chi connectivity index (χ4v) is 0.936. The second-order valence-electron chi connectivity index (χ2n) is 2.34. The average Bonchev–Trinajstić information content (AvgIpc) is 2.04. The number of rotatable bonds is 2. The number of nitrogens with two attached hydrogens (primary N) is 2. The maximum atomic E-state index is 10.4. The lowest BCUT2D eigenvalue weighted by Gasteiger charge is -2.04. The molecule has 0 unspecified atom stereocenters. The third-order valence-corrected chi connectivity index (χ3v) is 1.49. The SMILES string of the molecule is NC(N)c1ccccc1[N+](=O)[O-]. The first-order valence-corrected chi connectivity index (χ1v) is 3.37. The highest BCUT2D eigenvalue weighted by molar-refractivity contribution is 5.41. The molecule has 1 aromatic carbocycles. The quantitative estimate of drug-likeness (QED) is 0.381. The Labute approximate surface area is 69.1 Å². The Morgan fingerprint density at radius 1 is 1.33 bits per heavy atom. The van der Waals surface area contributed by atoms with Crippen molar-refractivity contribution in [1.29, 1.82) is 0 Å². The van der Waals surface area contributed by atoms with E-state index in [0.717, 1.165) is 0 Å². The van der Waals surface area contributed by atoms with Crippen LogP contribution in [0.25, 0.3) is 0 Å². The zero-order valence-electron chi connectivity index (χ0n) is 6.31. The molecule has 5 heteroatoms. The highest BCUT2D eigenvalue weighted by Crippen LogP contribution is 2.19. The van der Waals surface area contributed by atoms with Gasteiger partial charge in [0.05, 0.1) is 16.7 Å². The lowest BCUT2D eigenvalue weighted by molar-refractivity contribution is -0.385. The van der Waals surface area contributed by atoms with Crippen molar-refractivity contribution in [3.63, 3.8) is 0 Å². The Hall–Kier alpha value is -1.46. The molecule has 64 valence electrons. The number of nitrogens with zero attached hydrogens (tertiary/aromatic N) is 1. The minimum atomic E-state index is -0.799. The molecule has 1 aromatic rings. The maximum absolute atomic E-state index is 10.4. The molecule has 0 aliphatic heterocycles. The van der Waals surface area contributed by atoms with Gasteiger partial charge >= 0.3 is 0 Å². The van der Waals surface area contributed by atoms with Gasteiger partial charge in [0.1, 0.15) is 0 Å². The molecular formula is C7H9N3O2. The molecule has 0 aromatic heterocycles. The second-order valence-corrected chi connectivity index (χ2v) is 2.34. The largest absolute Gasteiger partial charge is 0.312 e. The van der Waals surface area contributed by atoms with Gasteiger partial charge in [0, 0.05) is 6.07 Å². The minimum absolute atomic E-state index is 0.0347. The number of nitro groups is 1. The van der Waals surface area contributed by atoms with E-state index in [9.17, 15) is 10.1 Å². The Bertz CT molecular complexity index is 298. The molecule has 0 fully saturated rings. The highest BCUT2D eigenvalue weighted by Gasteiger charge is 2.14. The predicted molar refractivity (Wildman–Crippen MR) is 44.2 cm³/mol. The molecule has 0 bridgehead atoms. The number of nitro benzene ring substituents is 1. The smallest absolute Gasteiger partial charge is 0.275 e. The topological polar surface area (TPSA) is 95.2 Å². The van der Waals surface area contributed by atoms with Crippen LogP contribution < -0.4 is 11.5 Å². The molecular weight excluding hydrogens is 158 g/mol. The van der Waals surface area contributed by atoms with Crippen LogP contribution in [0.1, 0.15) is 11.7 Å². The van der Waals surface area contributed by atoms with E-state index in [4.69, 9.17) is 11.5 Å². The first kappa shape index (κ1) is 8.63. The molecule has 0 spiro atoms. The second kappa shape index (κ2) is 3.29. The van der Waals surface area contributed by atoms with Crippen LogP contribution in [0.3, 0.4) is 0 Å². The van der Waals surface area contributed by atoms with E-state index in [1.165, 1.54) is 6.07 Å². The molecule has 0 aliphatic rings. The highest BCUT2D eigenvalue weighted by atomic mass is 16.6. The van der Waals surface area contributed by atoms with Gasteiger partial charge in [0.25, 0.3) is 5.69 Å². The Balaban J connectivity index is 3.17. The van der Waals surface area contributed by atoms with E-state index < -0.39 is 11.1 Å². The van der Waals surface area contributed by atoms with Crippen LogP contribution in [0.15, 0.2) is 24.3 Å². The molecule has 0 aliphatic carbocycles. The van der Waals surface area contributed by atoms with E-state index in [1.807, 2.05) is 0 Å². The zero-order chi connectivity index (χ0) is 9.14. The lowest BCUT2D eigenvalue weighted by Crippen LogP contribution is -2.21. The van der Waals surface area contributed by atoms with Gasteiger partial charge in [-0.3, -0.25) is 10.1 Å². The van der Waals surface area contributed by atoms with E-state index >= 15 is 0 Å². The summed E-state index contributed by atoms with van der Waals surface area (Å²) in [5.74, 6) is 0. The molecule has 0 saturated carbocycles. The monoisotopic (exact) mass is 167 g/mol. The summed E-state index contributed by atoms with van der Waals surface area (Å²) in [6.45, 7) is 0. The van der Waals surface area contributed by atoms with E-state index in [1.54, 1.807) is 18.2 Å². The van der Waals surface area contributed by atoms with E-state index in [0.29, 0.717) is 5.56 Å². The van der Waals surface area contributed by atoms with Crippen LogP contribution in [0.2, 0.25) is 0 Å². The molecule has 0 atom stereocenters. The van der Waals surface area contributed by atoms with Gasteiger partial charge in [-0.15, -0.1) is 0 Å². The number of hydrogen-bond acceptors (Lipinski definition) is 4. The van der Waals surface area contributed by atoms with Crippen molar-refractivity contribution in [2.75, 3.05) is 0 Å². The first-order valence-electron chi connectivity index (χ1n) is 3.37. The summed E-state index contributed by atoms with van der Waals surface area (Å²) in [4.78, 5) is 9.92. The van der Waals surface area contributed by atoms with Gasteiger partial charge < -0.3 is 11.5 Å². The summed E-state index contributed by atoms with van der Waals surface area (Å²) in [7, 11) is 0. The van der Waals surface area contributed by atoms with Crippen molar-refractivity contribution >= 4 is 5.69 Å². The van der Waals surface area contributed by atoms with Gasteiger partial charge in [0.15, 0.2) is 0 Å². The number of benzene rings is 1. The molecule has 12 heavy (non-hydrogen) atoms. The first-order chi connectivity index (χ1) is 5.63. The summed E-state index contributed by atoms with van der Waals surface area (Å²) in [6, 6.07) is 6.16. The van der Waals surface area contributed by atoms with Gasteiger partial charge in [0.2, 0.25) is 0 Å². The van der Waals surface area contributed by atoms with Crippen molar-refractivity contribution in [3.05, 3.63) is 39.9 Å². The number of hydrogen-bond donors (Lipinski definition) is 2. The summed E-state index contributed by atoms with van der Waals surface area (Å²) in [6.07, 6.45) is -0.799. The normalized spacial score (nSPS) is 10.2. The average molecular weight is 167 g/mol. The van der Waals surface area contributed by atoms with Gasteiger partial charge in [-0.1, -0.05) is 12.1 Å². The third-order valence-electron chi connectivity index (χ3n) is 1.49. The van der Waals surface area contributed by atoms with E-state index in [2.05, 4.69) is 0 Å². The lowest BCUT2D eigenvalue weighted by atomic mass is 10.1. The van der Waals surface area contributed by atoms with Crippen molar-refractivity contribution in [2.45, 2.75) is 6.17 Å². The standard InChI is InChI=1S/C7H9N3O2/c8-7(9)5-3-1-2-4-6(5)10(11)12/h1-4,7H,8-9H2. The Kier molecular flexibility index (Phi) is 2.37. The van der Waals surface area contributed by atoms with Crippen LogP contribution in [0, 0.1) is 10.1 Å². The van der Waals surface area contributed by atoms with Crippen LogP contribution in [0.5, 0.6) is 0 Å². The molecule has 0 radical (unpaired) electrons. The molecule has 4 N–H and O–H groups in total. The summed E-state index contributed by atoms with van der Waals surface area (Å²) in [5.41, 5.74) is 11.0. The van der Waals surface area contributed by atoms with Crippen LogP contribution >= 0.6 is 0 Å². The van der Waals surface area contributed by atoms with Crippen molar-refractivity contribution in [1.82, 2.24) is 0 Å². The van der Waals surface area contributed by atoms with Crippen molar-refractivity contribution in [3.8, 4) is 0 Å². The minimum Gasteiger partial charge on any atom is -0.312 e. The zero-order valence-corrected chi connectivity index (χ0v) is 6.31. The maximum Gasteiger partial charge on any atom is 0.275 e. The summed E-state index contributed by atoms with van der Waals surface area (Å²) >= 11 is 0. The molecule has 1 rings (SSSR count). The number of para-hydroxylation sites is 1. The van der Waals surface area contributed by atoms with Crippen LogP contribution in [0.4, 0.5) is 5.69 Å².